The van der Waals surface area contributed by atoms with Crippen molar-refractivity contribution in [2.24, 2.45) is 10.9 Å². The fourth-order valence-corrected chi connectivity index (χ4v) is 8.31. The van der Waals surface area contributed by atoms with Crippen molar-refractivity contribution in [1.82, 2.24) is 4.67 Å². The zero-order valence-electron chi connectivity index (χ0n) is 18.3. The van der Waals surface area contributed by atoms with Crippen LogP contribution in [0.4, 0.5) is 0 Å². The van der Waals surface area contributed by atoms with Gasteiger partial charge in [-0.1, -0.05) is 5.16 Å². The number of esters is 1. The molecule has 170 valence electrons. The molecule has 1 rings (SSSR count). The Morgan fingerprint density at radius 2 is 1.79 bits per heavy atom. The van der Waals surface area contributed by atoms with Gasteiger partial charge in [0.2, 0.25) is 0 Å². The zero-order chi connectivity index (χ0) is 22.3. The molecule has 3 atom stereocenters. The average molecular weight is 455 g/mol. The number of amidine groups is 1. The third kappa shape index (κ3) is 5.61. The van der Waals surface area contributed by atoms with Crippen molar-refractivity contribution in [3.8, 4) is 0 Å². The summed E-state index contributed by atoms with van der Waals surface area (Å²) < 4.78 is 50.2. The molecule has 0 bridgehead atoms. The third-order valence-corrected chi connectivity index (χ3v) is 11.5. The van der Waals surface area contributed by atoms with Crippen LogP contribution in [0.3, 0.4) is 0 Å². The maximum atomic E-state index is 14.1. The minimum Gasteiger partial charge on any atom is -0.465 e. The number of nitrogens with zero attached hydrogens (tertiary/aromatic N) is 2. The first kappa shape index (κ1) is 26.1. The Kier molecular flexibility index (Phi) is 9.83. The maximum Gasteiger partial charge on any atom is 0.416 e. The van der Waals surface area contributed by atoms with E-state index in [4.69, 9.17) is 24.1 Å². The van der Waals surface area contributed by atoms with Crippen molar-refractivity contribution >= 4 is 26.9 Å². The summed E-state index contributed by atoms with van der Waals surface area (Å²) in [7, 11) is -7.56. The lowest BCUT2D eigenvalue weighted by atomic mass is 10.1. The molecular weight excluding hydrogens is 420 g/mol. The van der Waals surface area contributed by atoms with Gasteiger partial charge in [-0.2, -0.15) is 0 Å². The van der Waals surface area contributed by atoms with E-state index in [2.05, 4.69) is 5.16 Å². The van der Waals surface area contributed by atoms with E-state index in [1.54, 1.807) is 41.5 Å². The van der Waals surface area contributed by atoms with Gasteiger partial charge in [-0.3, -0.25) is 18.6 Å². The van der Waals surface area contributed by atoms with Crippen LogP contribution < -0.4 is 5.73 Å². The van der Waals surface area contributed by atoms with Gasteiger partial charge in [0.15, 0.2) is 4.90 Å². The van der Waals surface area contributed by atoms with Crippen LogP contribution in [-0.2, 0) is 32.3 Å². The first-order chi connectivity index (χ1) is 13.5. The van der Waals surface area contributed by atoms with Gasteiger partial charge in [0, 0.05) is 6.54 Å². The van der Waals surface area contributed by atoms with Crippen LogP contribution in [0.25, 0.3) is 0 Å². The molecule has 1 aliphatic heterocycles. The lowest BCUT2D eigenvalue weighted by molar-refractivity contribution is -0.144. The second kappa shape index (κ2) is 10.9. The lowest BCUT2D eigenvalue weighted by Crippen LogP contribution is -2.36. The van der Waals surface area contributed by atoms with Gasteiger partial charge in [0.1, 0.15) is 11.9 Å². The van der Waals surface area contributed by atoms with Crippen LogP contribution in [0.2, 0.25) is 0 Å². The highest BCUT2D eigenvalue weighted by atomic mass is 31.2. The van der Waals surface area contributed by atoms with Crippen LogP contribution in [0.15, 0.2) is 5.16 Å². The third-order valence-electron chi connectivity index (χ3n) is 4.66. The monoisotopic (exact) mass is 455 g/mol. The first-order valence-electron chi connectivity index (χ1n) is 9.93. The maximum absolute atomic E-state index is 14.1. The molecule has 0 aromatic rings. The summed E-state index contributed by atoms with van der Waals surface area (Å²) in [4.78, 5) is 10.2. The molecule has 0 radical (unpaired) electrons. The Labute approximate surface area is 173 Å². The van der Waals surface area contributed by atoms with Crippen molar-refractivity contribution in [2.45, 2.75) is 71.7 Å². The number of hydrogen-bond donors (Lipinski definition) is 1. The van der Waals surface area contributed by atoms with Gasteiger partial charge in [-0.05, 0) is 60.8 Å². The van der Waals surface area contributed by atoms with Gasteiger partial charge < -0.3 is 19.6 Å². The van der Waals surface area contributed by atoms with E-state index in [0.29, 0.717) is 31.6 Å². The highest BCUT2D eigenvalue weighted by molar-refractivity contribution is 7.75. The second-order valence-electron chi connectivity index (χ2n) is 7.05. The highest BCUT2D eigenvalue weighted by Gasteiger charge is 2.63. The fraction of sp³-hybridized carbons (Fsp3) is 0.882. The van der Waals surface area contributed by atoms with Gasteiger partial charge in [-0.25, -0.2) is 4.57 Å². The fourth-order valence-electron chi connectivity index (χ4n) is 2.94. The Morgan fingerprint density at radius 3 is 2.34 bits per heavy atom. The van der Waals surface area contributed by atoms with E-state index in [1.807, 2.05) is 0 Å². The molecule has 2 N–H and O–H groups in total. The highest BCUT2D eigenvalue weighted by Crippen LogP contribution is 2.79. The van der Waals surface area contributed by atoms with E-state index in [1.165, 1.54) is 4.67 Å². The zero-order valence-corrected chi connectivity index (χ0v) is 20.0. The van der Waals surface area contributed by atoms with E-state index < -0.39 is 32.0 Å². The molecule has 0 fully saturated rings. The Hall–Kier alpha value is -0.920. The molecule has 29 heavy (non-hydrogen) atoms. The van der Waals surface area contributed by atoms with Crippen molar-refractivity contribution in [3.63, 3.8) is 0 Å². The van der Waals surface area contributed by atoms with Crippen LogP contribution in [0.5, 0.6) is 0 Å². The summed E-state index contributed by atoms with van der Waals surface area (Å²) in [6.07, 6.45) is 1.59. The molecule has 0 aromatic heterocycles. The van der Waals surface area contributed by atoms with Gasteiger partial charge in [-0.15, -0.1) is 0 Å². The summed E-state index contributed by atoms with van der Waals surface area (Å²) >= 11 is 0. The largest absolute Gasteiger partial charge is 0.465 e. The van der Waals surface area contributed by atoms with Crippen molar-refractivity contribution in [2.75, 3.05) is 26.4 Å². The number of hydrogen-bond acceptors (Lipinski definition) is 9. The van der Waals surface area contributed by atoms with Crippen LogP contribution >= 0.6 is 15.1 Å². The molecule has 1 aliphatic rings. The van der Waals surface area contributed by atoms with Gasteiger partial charge >= 0.3 is 21.1 Å². The SMILES string of the molecule is CCOC(=O)[C@@H](N)CCCCN1C(C)=NOP(=O)(OCC)C(C)(C)P1(=O)OCC. The van der Waals surface area contributed by atoms with Crippen molar-refractivity contribution < 1.29 is 32.3 Å². The van der Waals surface area contributed by atoms with E-state index >= 15 is 0 Å². The van der Waals surface area contributed by atoms with Crippen molar-refractivity contribution in [1.29, 1.82) is 0 Å². The molecule has 0 saturated heterocycles. The van der Waals surface area contributed by atoms with E-state index in [-0.39, 0.29) is 19.8 Å². The summed E-state index contributed by atoms with van der Waals surface area (Å²) in [5.74, 6) is -0.144. The first-order valence-corrected chi connectivity index (χ1v) is 13.1. The number of rotatable bonds is 11. The van der Waals surface area contributed by atoms with Crippen LogP contribution in [0, 0.1) is 0 Å². The second-order valence-corrected chi connectivity index (χ2v) is 12.8. The molecule has 10 nitrogen and oxygen atoms in total. The summed E-state index contributed by atoms with van der Waals surface area (Å²) in [5, 5.41) is 3.92. The predicted octanol–water partition coefficient (Wildman–Crippen LogP) is 3.91. The molecule has 0 aliphatic carbocycles. The topological polar surface area (TPSA) is 130 Å². The lowest BCUT2D eigenvalue weighted by Gasteiger charge is -2.40. The molecule has 0 spiro atoms. The smallest absolute Gasteiger partial charge is 0.416 e. The number of ether oxygens (including phenoxy) is 1. The minimum atomic E-state index is -3.86. The summed E-state index contributed by atoms with van der Waals surface area (Å²) in [5.41, 5.74) is 5.82. The Bertz CT molecular complexity index is 684. The number of nitrogens with two attached hydrogens (primary N) is 1. The Morgan fingerprint density at radius 1 is 1.17 bits per heavy atom. The summed E-state index contributed by atoms with van der Waals surface area (Å²) in [6.45, 7) is 10.7. The van der Waals surface area contributed by atoms with Crippen molar-refractivity contribution in [3.05, 3.63) is 0 Å². The average Bonchev–Trinajstić information content (AvgIpc) is 2.70. The molecule has 0 saturated carbocycles. The Balaban J connectivity index is 3.01. The molecule has 2 unspecified atom stereocenters. The number of carbonyl (C=O) groups is 1. The van der Waals surface area contributed by atoms with E-state index in [0.717, 1.165) is 0 Å². The predicted molar refractivity (Wildman–Crippen MR) is 112 cm³/mol. The van der Waals surface area contributed by atoms with E-state index in [9.17, 15) is 13.9 Å². The molecule has 12 heteroatoms. The van der Waals surface area contributed by atoms with Crippen LogP contribution in [0.1, 0.15) is 60.8 Å². The van der Waals surface area contributed by atoms with Crippen LogP contribution in [-0.4, -0.2) is 53.8 Å². The quantitative estimate of drug-likeness (QED) is 0.280. The standard InChI is InChI=1S/C17H35N3O7P2/c1-7-24-16(21)15(18)12-10-11-13-20-14(4)19-27-29(23,26-9-3)17(5,6)28(20,22)25-8-2/h15H,7-13,18H2,1-6H3/t15-,28?,29?/m0/s1. The number of carbonyl (C=O) groups excluding carboxylic acids is 1. The minimum absolute atomic E-state index is 0.118. The number of unbranched alkanes of at least 4 members (excludes halogenated alkanes) is 1. The molecule has 0 amide bonds. The molecular formula is C17H35N3O7P2. The molecule has 1 heterocycles. The number of oxime groups is 1. The molecule has 0 aromatic carbocycles. The van der Waals surface area contributed by atoms with Gasteiger partial charge in [0.05, 0.1) is 19.8 Å². The normalized spacial score (nSPS) is 27.6. The summed E-state index contributed by atoms with van der Waals surface area (Å²) in [6, 6.07) is -0.703. The van der Waals surface area contributed by atoms with Gasteiger partial charge in [0.25, 0.3) is 0 Å².